The average Bonchev–Trinajstić information content (AvgIpc) is 2.10. The molecule has 80 valence electrons. The molecule has 0 aliphatic carbocycles. The van der Waals surface area contributed by atoms with E-state index in [9.17, 15) is 4.79 Å². The molecule has 1 aromatic rings. The fraction of sp³-hybridized carbons (Fsp3) is 0.100. The third kappa shape index (κ3) is 3.81. The lowest BCUT2D eigenvalue weighted by atomic mass is 10.3. The fourth-order valence-electron chi connectivity index (χ4n) is 1.05. The summed E-state index contributed by atoms with van der Waals surface area (Å²) < 4.78 is 0. The zero-order valence-electron chi connectivity index (χ0n) is 8.05. The molecule has 3 N–H and O–H groups in total. The predicted molar refractivity (Wildman–Crippen MR) is 63.0 cm³/mol. The minimum absolute atomic E-state index is 0.452. The number of hydrogen-bond acceptors (Lipinski definition) is 2. The van der Waals surface area contributed by atoms with Gasteiger partial charge >= 0.3 is 0 Å². The van der Waals surface area contributed by atoms with Crippen molar-refractivity contribution in [3.8, 4) is 0 Å². The Morgan fingerprint density at radius 3 is 2.60 bits per heavy atom. The maximum Gasteiger partial charge on any atom is 0.243 e. The molecule has 0 aliphatic rings. The first-order valence-corrected chi connectivity index (χ1v) is 4.94. The van der Waals surface area contributed by atoms with Crippen LogP contribution in [0.2, 0.25) is 10.0 Å². The van der Waals surface area contributed by atoms with E-state index >= 15 is 0 Å². The van der Waals surface area contributed by atoms with Crippen molar-refractivity contribution in [1.29, 1.82) is 0 Å². The van der Waals surface area contributed by atoms with Crippen LogP contribution in [0.25, 0.3) is 0 Å². The molecular formula is C10H10Cl2N2O. The summed E-state index contributed by atoms with van der Waals surface area (Å²) in [6, 6.07) is 5.10. The van der Waals surface area contributed by atoms with E-state index in [2.05, 4.69) is 5.32 Å². The van der Waals surface area contributed by atoms with Gasteiger partial charge in [0.2, 0.25) is 5.91 Å². The maximum atomic E-state index is 10.6. The largest absolute Gasteiger partial charge is 0.366 e. The Bertz CT molecular complexity index is 416. The second kappa shape index (κ2) is 5.05. The van der Waals surface area contributed by atoms with E-state index in [0.717, 1.165) is 5.69 Å². The van der Waals surface area contributed by atoms with Crippen molar-refractivity contribution in [2.24, 2.45) is 5.73 Å². The highest BCUT2D eigenvalue weighted by Crippen LogP contribution is 2.25. The number of anilines is 1. The lowest BCUT2D eigenvalue weighted by Crippen LogP contribution is -2.09. The molecule has 3 nitrogen and oxygen atoms in total. The zero-order chi connectivity index (χ0) is 11.4. The van der Waals surface area contributed by atoms with Crippen LogP contribution in [0.3, 0.4) is 0 Å². The number of primary amides is 1. The number of nitrogens with two attached hydrogens (primary N) is 1. The van der Waals surface area contributed by atoms with Crippen LogP contribution in [-0.4, -0.2) is 5.91 Å². The molecule has 15 heavy (non-hydrogen) atoms. The number of carbonyl (C=O) groups is 1. The molecule has 0 aliphatic heterocycles. The van der Waals surface area contributed by atoms with Gasteiger partial charge in [0.25, 0.3) is 0 Å². The van der Waals surface area contributed by atoms with Crippen molar-refractivity contribution in [2.45, 2.75) is 6.92 Å². The number of allylic oxidation sites excluding steroid dienone is 1. The van der Waals surface area contributed by atoms with Gasteiger partial charge in [-0.05, 0) is 25.1 Å². The normalized spacial score (nSPS) is 11.3. The van der Waals surface area contributed by atoms with Gasteiger partial charge in [-0.3, -0.25) is 4.79 Å². The summed E-state index contributed by atoms with van der Waals surface area (Å²) in [5.74, 6) is -0.500. The first-order chi connectivity index (χ1) is 6.99. The summed E-state index contributed by atoms with van der Waals surface area (Å²) in [6.07, 6.45) is 1.29. The van der Waals surface area contributed by atoms with Crippen LogP contribution < -0.4 is 11.1 Å². The van der Waals surface area contributed by atoms with E-state index in [1.807, 2.05) is 0 Å². The molecule has 0 saturated carbocycles. The number of carbonyl (C=O) groups excluding carboxylic acids is 1. The molecular weight excluding hydrogens is 235 g/mol. The van der Waals surface area contributed by atoms with Gasteiger partial charge in [0.05, 0.1) is 10.0 Å². The molecule has 0 bridgehead atoms. The minimum atomic E-state index is -0.500. The van der Waals surface area contributed by atoms with Gasteiger partial charge in [-0.25, -0.2) is 0 Å². The molecule has 0 radical (unpaired) electrons. The third-order valence-corrected chi connectivity index (χ3v) is 2.36. The lowest BCUT2D eigenvalue weighted by molar-refractivity contribution is -0.113. The maximum absolute atomic E-state index is 10.6. The Hall–Kier alpha value is -1.19. The van der Waals surface area contributed by atoms with Crippen molar-refractivity contribution in [2.75, 3.05) is 5.32 Å². The Morgan fingerprint density at radius 2 is 2.07 bits per heavy atom. The molecule has 0 atom stereocenters. The molecule has 0 fully saturated rings. The van der Waals surface area contributed by atoms with Crippen molar-refractivity contribution < 1.29 is 4.79 Å². The molecule has 0 saturated heterocycles. The first kappa shape index (κ1) is 11.9. The minimum Gasteiger partial charge on any atom is -0.366 e. The Morgan fingerprint density at radius 1 is 1.40 bits per heavy atom. The third-order valence-electron chi connectivity index (χ3n) is 1.62. The highest BCUT2D eigenvalue weighted by molar-refractivity contribution is 6.42. The average molecular weight is 245 g/mol. The van der Waals surface area contributed by atoms with Crippen molar-refractivity contribution >= 4 is 34.8 Å². The molecule has 0 heterocycles. The Balaban J connectivity index is 2.82. The molecule has 1 amide bonds. The molecule has 0 spiro atoms. The molecule has 0 unspecified atom stereocenters. The highest BCUT2D eigenvalue weighted by atomic mass is 35.5. The van der Waals surface area contributed by atoms with E-state index in [1.54, 1.807) is 25.1 Å². The SMILES string of the molecule is C/C(=C/C(N)=O)Nc1ccc(Cl)c(Cl)c1. The van der Waals surface area contributed by atoms with E-state index in [1.165, 1.54) is 6.08 Å². The summed E-state index contributed by atoms with van der Waals surface area (Å²) >= 11 is 11.6. The predicted octanol–water partition coefficient (Wildman–Crippen LogP) is 2.79. The van der Waals surface area contributed by atoms with Crippen LogP contribution in [0.4, 0.5) is 5.69 Å². The van der Waals surface area contributed by atoms with Gasteiger partial charge in [0, 0.05) is 17.5 Å². The monoisotopic (exact) mass is 244 g/mol. The van der Waals surface area contributed by atoms with E-state index in [0.29, 0.717) is 15.7 Å². The van der Waals surface area contributed by atoms with Gasteiger partial charge in [-0.1, -0.05) is 23.2 Å². The number of hydrogen-bond donors (Lipinski definition) is 2. The summed E-state index contributed by atoms with van der Waals surface area (Å²) in [4.78, 5) is 10.6. The molecule has 5 heteroatoms. The van der Waals surface area contributed by atoms with Crippen molar-refractivity contribution in [1.82, 2.24) is 0 Å². The van der Waals surface area contributed by atoms with Crippen LogP contribution in [0.5, 0.6) is 0 Å². The topological polar surface area (TPSA) is 55.1 Å². The second-order valence-electron chi connectivity index (χ2n) is 2.98. The molecule has 1 rings (SSSR count). The van der Waals surface area contributed by atoms with Gasteiger partial charge in [0.1, 0.15) is 0 Å². The van der Waals surface area contributed by atoms with Crippen molar-refractivity contribution in [3.63, 3.8) is 0 Å². The molecule has 0 aromatic heterocycles. The standard InChI is InChI=1S/C10H10Cl2N2O/c1-6(4-10(13)15)14-7-2-3-8(11)9(12)5-7/h2-5,14H,1H3,(H2,13,15)/b6-4-. The Kier molecular flexibility index (Phi) is 4.00. The van der Waals surface area contributed by atoms with Crippen LogP contribution in [0, 0.1) is 0 Å². The summed E-state index contributed by atoms with van der Waals surface area (Å²) in [6.45, 7) is 1.73. The van der Waals surface area contributed by atoms with Gasteiger partial charge in [-0.15, -0.1) is 0 Å². The van der Waals surface area contributed by atoms with E-state index in [4.69, 9.17) is 28.9 Å². The summed E-state index contributed by atoms with van der Waals surface area (Å²) in [7, 11) is 0. The number of benzene rings is 1. The van der Waals surface area contributed by atoms with Gasteiger partial charge < -0.3 is 11.1 Å². The van der Waals surface area contributed by atoms with E-state index < -0.39 is 5.91 Å². The fourth-order valence-corrected chi connectivity index (χ4v) is 1.35. The second-order valence-corrected chi connectivity index (χ2v) is 3.80. The van der Waals surface area contributed by atoms with Crippen LogP contribution in [-0.2, 0) is 4.79 Å². The number of nitrogens with one attached hydrogen (secondary N) is 1. The van der Waals surface area contributed by atoms with Gasteiger partial charge in [0.15, 0.2) is 0 Å². The smallest absolute Gasteiger partial charge is 0.243 e. The van der Waals surface area contributed by atoms with Gasteiger partial charge in [-0.2, -0.15) is 0 Å². The number of rotatable bonds is 3. The summed E-state index contributed by atoms with van der Waals surface area (Å²) in [5, 5.41) is 3.90. The highest BCUT2D eigenvalue weighted by Gasteiger charge is 1.99. The molecule has 1 aromatic carbocycles. The van der Waals surface area contributed by atoms with Crippen LogP contribution in [0.15, 0.2) is 30.0 Å². The zero-order valence-corrected chi connectivity index (χ0v) is 9.56. The summed E-state index contributed by atoms with van der Waals surface area (Å²) in [5.41, 5.74) is 6.39. The van der Waals surface area contributed by atoms with Crippen LogP contribution in [0.1, 0.15) is 6.92 Å². The quantitative estimate of drug-likeness (QED) is 0.804. The Labute approximate surface area is 97.9 Å². The van der Waals surface area contributed by atoms with Crippen LogP contribution >= 0.6 is 23.2 Å². The van der Waals surface area contributed by atoms with E-state index in [-0.39, 0.29) is 0 Å². The number of halogens is 2. The first-order valence-electron chi connectivity index (χ1n) is 4.19. The van der Waals surface area contributed by atoms with Crippen molar-refractivity contribution in [3.05, 3.63) is 40.0 Å². The lowest BCUT2D eigenvalue weighted by Gasteiger charge is -2.06. The number of amides is 1.